The van der Waals surface area contributed by atoms with Crippen molar-refractivity contribution >= 4 is 28.6 Å². The number of aromatic nitrogens is 1. The summed E-state index contributed by atoms with van der Waals surface area (Å²) < 4.78 is 5.67. The number of benzene rings is 1. The molecule has 2 aromatic rings. The molecule has 1 aromatic carbocycles. The monoisotopic (exact) mass is 268 g/mol. The number of halogens is 1. The quantitative estimate of drug-likeness (QED) is 0.900. The summed E-state index contributed by atoms with van der Waals surface area (Å²) in [4.78, 5) is 5.12. The van der Waals surface area contributed by atoms with Crippen molar-refractivity contribution in [1.82, 2.24) is 4.98 Å². The standard InChI is InChI=1S/C12H13ClN2OS/c1-16-8-9-3-2-4-10(5-9)14-6-11-7-15-12(13)17-11/h2-5,7,14H,6,8H2,1H3. The van der Waals surface area contributed by atoms with Crippen molar-refractivity contribution in [2.75, 3.05) is 12.4 Å². The topological polar surface area (TPSA) is 34.1 Å². The van der Waals surface area contributed by atoms with E-state index >= 15 is 0 Å². The van der Waals surface area contributed by atoms with Crippen LogP contribution in [0.4, 0.5) is 5.69 Å². The number of anilines is 1. The van der Waals surface area contributed by atoms with Gasteiger partial charge in [0, 0.05) is 23.9 Å². The largest absolute Gasteiger partial charge is 0.380 e. The van der Waals surface area contributed by atoms with E-state index in [1.807, 2.05) is 18.2 Å². The molecule has 0 aliphatic heterocycles. The molecule has 0 bridgehead atoms. The number of rotatable bonds is 5. The molecule has 1 N–H and O–H groups in total. The molecule has 90 valence electrons. The van der Waals surface area contributed by atoms with Crippen LogP contribution < -0.4 is 5.32 Å². The van der Waals surface area contributed by atoms with Gasteiger partial charge in [-0.25, -0.2) is 4.98 Å². The van der Waals surface area contributed by atoms with Crippen LogP contribution in [-0.4, -0.2) is 12.1 Å². The normalized spacial score (nSPS) is 10.5. The maximum Gasteiger partial charge on any atom is 0.183 e. The first-order valence-electron chi connectivity index (χ1n) is 5.20. The lowest BCUT2D eigenvalue weighted by Crippen LogP contribution is -1.98. The number of hydrogen-bond donors (Lipinski definition) is 1. The molecule has 0 radical (unpaired) electrons. The second-order valence-corrected chi connectivity index (χ2v) is 5.26. The maximum atomic E-state index is 5.77. The summed E-state index contributed by atoms with van der Waals surface area (Å²) in [5.74, 6) is 0. The zero-order valence-electron chi connectivity index (χ0n) is 9.44. The first-order chi connectivity index (χ1) is 8.28. The molecular weight excluding hydrogens is 256 g/mol. The van der Waals surface area contributed by atoms with Gasteiger partial charge in [0.1, 0.15) is 0 Å². The van der Waals surface area contributed by atoms with Crippen LogP contribution in [0.1, 0.15) is 10.4 Å². The minimum atomic E-state index is 0.579. The second-order valence-electron chi connectivity index (χ2n) is 3.57. The van der Waals surface area contributed by atoms with Gasteiger partial charge in [-0.1, -0.05) is 23.7 Å². The Balaban J connectivity index is 1.96. The number of ether oxygens (including phenoxy) is 1. The van der Waals surface area contributed by atoms with E-state index < -0.39 is 0 Å². The number of nitrogens with zero attached hydrogens (tertiary/aromatic N) is 1. The summed E-state index contributed by atoms with van der Waals surface area (Å²) >= 11 is 7.26. The van der Waals surface area contributed by atoms with E-state index in [4.69, 9.17) is 16.3 Å². The highest BCUT2D eigenvalue weighted by Crippen LogP contribution is 2.19. The van der Waals surface area contributed by atoms with Gasteiger partial charge < -0.3 is 10.1 Å². The fraction of sp³-hybridized carbons (Fsp3) is 0.250. The highest BCUT2D eigenvalue weighted by atomic mass is 35.5. The third-order valence-electron chi connectivity index (χ3n) is 2.23. The minimum absolute atomic E-state index is 0.579. The lowest BCUT2D eigenvalue weighted by molar-refractivity contribution is 0.185. The van der Waals surface area contributed by atoms with Gasteiger partial charge in [0.2, 0.25) is 0 Å². The predicted molar refractivity (Wildman–Crippen MR) is 71.6 cm³/mol. The van der Waals surface area contributed by atoms with Crippen LogP contribution in [0.3, 0.4) is 0 Å². The number of thiazole rings is 1. The summed E-state index contributed by atoms with van der Waals surface area (Å²) in [7, 11) is 1.69. The van der Waals surface area contributed by atoms with Gasteiger partial charge in [-0.3, -0.25) is 0 Å². The molecule has 0 saturated heterocycles. The Morgan fingerprint density at radius 3 is 3.06 bits per heavy atom. The van der Waals surface area contributed by atoms with Crippen molar-refractivity contribution < 1.29 is 4.74 Å². The molecule has 1 aromatic heterocycles. The summed E-state index contributed by atoms with van der Waals surface area (Å²) in [5, 5.41) is 3.33. The molecule has 17 heavy (non-hydrogen) atoms. The molecule has 0 atom stereocenters. The Morgan fingerprint density at radius 2 is 2.35 bits per heavy atom. The molecular formula is C12H13ClN2OS. The summed E-state index contributed by atoms with van der Waals surface area (Å²) in [6, 6.07) is 8.16. The molecule has 3 nitrogen and oxygen atoms in total. The molecule has 2 rings (SSSR count). The summed E-state index contributed by atoms with van der Waals surface area (Å²) in [6.07, 6.45) is 1.79. The average molecular weight is 269 g/mol. The van der Waals surface area contributed by atoms with Crippen LogP contribution in [0.2, 0.25) is 4.47 Å². The van der Waals surface area contributed by atoms with E-state index in [0.29, 0.717) is 11.1 Å². The fourth-order valence-corrected chi connectivity index (χ4v) is 2.41. The second kappa shape index (κ2) is 6.00. The molecule has 1 heterocycles. The first kappa shape index (κ1) is 12.4. The van der Waals surface area contributed by atoms with Crippen LogP contribution in [0.25, 0.3) is 0 Å². The van der Waals surface area contributed by atoms with E-state index in [1.54, 1.807) is 13.3 Å². The van der Waals surface area contributed by atoms with Crippen molar-refractivity contribution in [2.24, 2.45) is 0 Å². The van der Waals surface area contributed by atoms with Gasteiger partial charge in [0.05, 0.1) is 13.2 Å². The number of methoxy groups -OCH3 is 1. The zero-order valence-corrected chi connectivity index (χ0v) is 11.0. The SMILES string of the molecule is COCc1cccc(NCc2cnc(Cl)s2)c1. The van der Waals surface area contributed by atoms with Gasteiger partial charge in [-0.05, 0) is 17.7 Å². The van der Waals surface area contributed by atoms with E-state index in [9.17, 15) is 0 Å². The molecule has 0 amide bonds. The van der Waals surface area contributed by atoms with Crippen LogP contribution in [-0.2, 0) is 17.9 Å². The van der Waals surface area contributed by atoms with Crippen molar-refractivity contribution in [3.63, 3.8) is 0 Å². The van der Waals surface area contributed by atoms with Crippen molar-refractivity contribution in [2.45, 2.75) is 13.2 Å². The Kier molecular flexibility index (Phi) is 4.36. The van der Waals surface area contributed by atoms with Crippen LogP contribution >= 0.6 is 22.9 Å². The zero-order chi connectivity index (χ0) is 12.1. The predicted octanol–water partition coefficient (Wildman–Crippen LogP) is 3.56. The first-order valence-corrected chi connectivity index (χ1v) is 6.39. The molecule has 5 heteroatoms. The van der Waals surface area contributed by atoms with Crippen molar-refractivity contribution in [3.05, 3.63) is 45.4 Å². The van der Waals surface area contributed by atoms with E-state index in [0.717, 1.165) is 22.7 Å². The number of hydrogen-bond acceptors (Lipinski definition) is 4. The Morgan fingerprint density at radius 1 is 1.47 bits per heavy atom. The molecule has 0 aliphatic rings. The van der Waals surface area contributed by atoms with Crippen molar-refractivity contribution in [1.29, 1.82) is 0 Å². The minimum Gasteiger partial charge on any atom is -0.380 e. The summed E-state index contributed by atoms with van der Waals surface area (Å²) in [6.45, 7) is 1.36. The lowest BCUT2D eigenvalue weighted by atomic mass is 10.2. The Hall–Kier alpha value is -1.10. The van der Waals surface area contributed by atoms with Crippen LogP contribution in [0.15, 0.2) is 30.5 Å². The molecule has 0 spiro atoms. The maximum absolute atomic E-state index is 5.77. The van der Waals surface area contributed by atoms with Gasteiger partial charge in [-0.2, -0.15) is 0 Å². The molecule has 0 fully saturated rings. The highest BCUT2D eigenvalue weighted by molar-refractivity contribution is 7.15. The lowest BCUT2D eigenvalue weighted by Gasteiger charge is -2.06. The van der Waals surface area contributed by atoms with Crippen LogP contribution in [0.5, 0.6) is 0 Å². The number of nitrogens with one attached hydrogen (secondary N) is 1. The molecule has 0 saturated carbocycles. The van der Waals surface area contributed by atoms with Gasteiger partial charge in [0.25, 0.3) is 0 Å². The van der Waals surface area contributed by atoms with Gasteiger partial charge in [0.15, 0.2) is 4.47 Å². The third-order valence-corrected chi connectivity index (χ3v) is 3.34. The fourth-order valence-electron chi connectivity index (χ4n) is 1.49. The van der Waals surface area contributed by atoms with E-state index in [2.05, 4.69) is 16.4 Å². The molecule has 0 aliphatic carbocycles. The van der Waals surface area contributed by atoms with E-state index in [1.165, 1.54) is 11.3 Å². The van der Waals surface area contributed by atoms with E-state index in [-0.39, 0.29) is 0 Å². The Bertz CT molecular complexity index is 487. The summed E-state index contributed by atoms with van der Waals surface area (Å²) in [5.41, 5.74) is 2.23. The van der Waals surface area contributed by atoms with Crippen LogP contribution in [0, 0.1) is 0 Å². The Labute approximate surface area is 109 Å². The molecule has 0 unspecified atom stereocenters. The van der Waals surface area contributed by atoms with Crippen molar-refractivity contribution in [3.8, 4) is 0 Å². The third kappa shape index (κ3) is 3.70. The van der Waals surface area contributed by atoms with Gasteiger partial charge in [-0.15, -0.1) is 11.3 Å². The highest BCUT2D eigenvalue weighted by Gasteiger charge is 2.00. The van der Waals surface area contributed by atoms with Gasteiger partial charge >= 0.3 is 0 Å². The smallest absolute Gasteiger partial charge is 0.183 e. The average Bonchev–Trinajstić information content (AvgIpc) is 2.74.